The minimum atomic E-state index is -1.02. The molecule has 3 amide bonds. The summed E-state index contributed by atoms with van der Waals surface area (Å²) in [5, 5.41) is 12.2. The highest BCUT2D eigenvalue weighted by atomic mass is 16.4. The van der Waals surface area contributed by atoms with Crippen LogP contribution in [0.3, 0.4) is 0 Å². The SMILES string of the molecule is CC(C(=O)Nc1ccc2c(c1)ncn2C(CC(=O)O)c1ccccc1)N1C(=O)c2ccccc2C1=O. The standard InChI is InChI=1S/C27H22N4O5/c1-16(31-26(35)19-9-5-6-10-20(19)27(31)36)25(34)29-18-11-12-22-21(13-18)28-15-30(22)23(14-24(32)33)17-7-3-2-4-8-17/h2-13,15-16,23H,14H2,1H3,(H,29,34)(H,32,33). The molecule has 180 valence electrons. The minimum Gasteiger partial charge on any atom is -0.481 e. The molecule has 2 N–H and O–H groups in total. The van der Waals surface area contributed by atoms with Gasteiger partial charge >= 0.3 is 5.97 Å². The van der Waals surface area contributed by atoms with Crippen LogP contribution in [0.5, 0.6) is 0 Å². The Hall–Kier alpha value is -4.79. The van der Waals surface area contributed by atoms with Crippen molar-refractivity contribution in [2.75, 3.05) is 5.32 Å². The third-order valence-electron chi connectivity index (χ3n) is 6.32. The number of nitrogens with one attached hydrogen (secondary N) is 1. The van der Waals surface area contributed by atoms with Crippen molar-refractivity contribution in [3.8, 4) is 0 Å². The van der Waals surface area contributed by atoms with Crippen LogP contribution in [0.2, 0.25) is 0 Å². The lowest BCUT2D eigenvalue weighted by molar-refractivity contribution is -0.137. The molecule has 2 atom stereocenters. The maximum atomic E-state index is 12.9. The normalized spacial score (nSPS) is 14.5. The smallest absolute Gasteiger partial charge is 0.305 e. The number of aromatic nitrogens is 2. The Morgan fingerprint density at radius 2 is 1.58 bits per heavy atom. The van der Waals surface area contributed by atoms with Gasteiger partial charge in [-0.05, 0) is 42.8 Å². The highest BCUT2D eigenvalue weighted by Crippen LogP contribution is 2.29. The summed E-state index contributed by atoms with van der Waals surface area (Å²) in [5.41, 5.74) is 3.11. The number of carboxylic acids is 1. The second-order valence-corrected chi connectivity index (χ2v) is 8.57. The molecular formula is C27H22N4O5. The third-order valence-corrected chi connectivity index (χ3v) is 6.32. The average Bonchev–Trinajstić information content (AvgIpc) is 3.41. The van der Waals surface area contributed by atoms with Crippen molar-refractivity contribution < 1.29 is 24.3 Å². The number of carbonyl (C=O) groups excluding carboxylic acids is 3. The highest BCUT2D eigenvalue weighted by molar-refractivity contribution is 6.23. The van der Waals surface area contributed by atoms with E-state index in [1.165, 1.54) is 6.92 Å². The molecule has 0 saturated carbocycles. The summed E-state index contributed by atoms with van der Waals surface area (Å²) in [7, 11) is 0. The number of imide groups is 1. The second-order valence-electron chi connectivity index (χ2n) is 8.57. The van der Waals surface area contributed by atoms with Gasteiger partial charge in [0.05, 0.1) is 41.0 Å². The minimum absolute atomic E-state index is 0.119. The van der Waals surface area contributed by atoms with Gasteiger partial charge < -0.3 is 15.0 Å². The van der Waals surface area contributed by atoms with Crippen LogP contribution in [0.25, 0.3) is 11.0 Å². The van der Waals surface area contributed by atoms with Crippen LogP contribution in [0.1, 0.15) is 45.7 Å². The van der Waals surface area contributed by atoms with Crippen molar-refractivity contribution in [2.24, 2.45) is 0 Å². The van der Waals surface area contributed by atoms with Crippen LogP contribution in [0.15, 0.2) is 79.1 Å². The summed E-state index contributed by atoms with van der Waals surface area (Å²) >= 11 is 0. The molecule has 1 aliphatic heterocycles. The first-order chi connectivity index (χ1) is 17.3. The number of carboxylic acid groups (broad SMARTS) is 1. The molecule has 0 aliphatic carbocycles. The molecule has 0 bridgehead atoms. The van der Waals surface area contributed by atoms with E-state index in [-0.39, 0.29) is 17.5 Å². The third kappa shape index (κ3) is 4.00. The van der Waals surface area contributed by atoms with Gasteiger partial charge in [0, 0.05) is 5.69 Å². The summed E-state index contributed by atoms with van der Waals surface area (Å²) in [6.45, 7) is 1.50. The number of rotatable bonds is 7. The number of nitrogens with zero attached hydrogens (tertiary/aromatic N) is 3. The molecule has 1 aromatic heterocycles. The number of fused-ring (bicyclic) bond motifs is 2. The van der Waals surface area contributed by atoms with Crippen LogP contribution in [-0.2, 0) is 9.59 Å². The van der Waals surface area contributed by atoms with E-state index in [1.807, 2.05) is 30.3 Å². The van der Waals surface area contributed by atoms with Gasteiger partial charge in [0.25, 0.3) is 11.8 Å². The largest absolute Gasteiger partial charge is 0.481 e. The number of amides is 3. The first-order valence-electron chi connectivity index (χ1n) is 11.4. The van der Waals surface area contributed by atoms with Gasteiger partial charge in [-0.25, -0.2) is 4.98 Å². The number of aliphatic carboxylic acids is 1. The topological polar surface area (TPSA) is 122 Å². The fourth-order valence-electron chi connectivity index (χ4n) is 4.50. The fourth-order valence-corrected chi connectivity index (χ4v) is 4.50. The van der Waals surface area contributed by atoms with Gasteiger partial charge in [-0.3, -0.25) is 24.1 Å². The zero-order valence-corrected chi connectivity index (χ0v) is 19.3. The molecule has 9 nitrogen and oxygen atoms in total. The van der Waals surface area contributed by atoms with Gasteiger partial charge in [-0.1, -0.05) is 42.5 Å². The molecule has 9 heteroatoms. The van der Waals surface area contributed by atoms with Crippen LogP contribution in [-0.4, -0.2) is 49.3 Å². The van der Waals surface area contributed by atoms with Gasteiger partial charge in [-0.2, -0.15) is 0 Å². The van der Waals surface area contributed by atoms with E-state index in [4.69, 9.17) is 0 Å². The van der Waals surface area contributed by atoms with E-state index >= 15 is 0 Å². The van der Waals surface area contributed by atoms with Gasteiger partial charge in [0.15, 0.2) is 0 Å². The lowest BCUT2D eigenvalue weighted by Crippen LogP contribution is -2.45. The van der Waals surface area contributed by atoms with Crippen LogP contribution >= 0.6 is 0 Å². The first kappa shape index (κ1) is 23.0. The van der Waals surface area contributed by atoms with Crippen LogP contribution in [0.4, 0.5) is 5.69 Å². The summed E-state index contributed by atoms with van der Waals surface area (Å²) in [4.78, 5) is 55.3. The number of imidazole rings is 1. The van der Waals surface area contributed by atoms with Gasteiger partial charge in [0.2, 0.25) is 5.91 Å². The zero-order chi connectivity index (χ0) is 25.4. The van der Waals surface area contributed by atoms with E-state index in [0.29, 0.717) is 16.7 Å². The highest BCUT2D eigenvalue weighted by Gasteiger charge is 2.40. The number of benzene rings is 3. The van der Waals surface area contributed by atoms with Crippen LogP contribution < -0.4 is 5.32 Å². The Morgan fingerprint density at radius 1 is 0.944 bits per heavy atom. The Labute approximate surface area is 206 Å². The summed E-state index contributed by atoms with van der Waals surface area (Å²) in [6.07, 6.45) is 1.46. The van der Waals surface area contributed by atoms with Crippen molar-refractivity contribution in [3.63, 3.8) is 0 Å². The summed E-state index contributed by atoms with van der Waals surface area (Å²) in [5.74, 6) is -2.45. The quantitative estimate of drug-likeness (QED) is 0.387. The van der Waals surface area contributed by atoms with Gasteiger partial charge in [0.1, 0.15) is 6.04 Å². The number of hydrogen-bond acceptors (Lipinski definition) is 5. The molecule has 3 aromatic carbocycles. The monoisotopic (exact) mass is 482 g/mol. The van der Waals surface area contributed by atoms with Crippen molar-refractivity contribution >= 4 is 40.4 Å². The average molecular weight is 482 g/mol. The Bertz CT molecular complexity index is 1480. The molecule has 5 rings (SSSR count). The molecule has 2 unspecified atom stereocenters. The maximum Gasteiger partial charge on any atom is 0.305 e. The van der Waals surface area contributed by atoms with E-state index < -0.39 is 35.8 Å². The second kappa shape index (κ2) is 9.10. The number of carbonyl (C=O) groups is 4. The van der Waals surface area contributed by atoms with E-state index in [1.54, 1.807) is 53.4 Å². The summed E-state index contributed by atoms with van der Waals surface area (Å²) < 4.78 is 1.80. The molecule has 0 radical (unpaired) electrons. The molecule has 0 fully saturated rings. The first-order valence-corrected chi connectivity index (χ1v) is 11.4. The van der Waals surface area contributed by atoms with Crippen molar-refractivity contribution in [3.05, 3.63) is 95.8 Å². The van der Waals surface area contributed by atoms with E-state index in [9.17, 15) is 24.3 Å². The zero-order valence-electron chi connectivity index (χ0n) is 19.3. The Balaban J connectivity index is 1.38. The number of anilines is 1. The van der Waals surface area contributed by atoms with E-state index in [2.05, 4.69) is 10.3 Å². The molecule has 36 heavy (non-hydrogen) atoms. The lowest BCUT2D eigenvalue weighted by Gasteiger charge is -2.22. The fraction of sp³-hybridized carbons (Fsp3) is 0.148. The molecule has 1 aliphatic rings. The Kier molecular flexibility index (Phi) is 5.81. The van der Waals surface area contributed by atoms with Crippen LogP contribution in [0, 0.1) is 0 Å². The van der Waals surface area contributed by atoms with Gasteiger partial charge in [-0.15, -0.1) is 0 Å². The molecular weight excluding hydrogens is 460 g/mol. The molecule has 0 saturated heterocycles. The predicted molar refractivity (Wildman–Crippen MR) is 132 cm³/mol. The van der Waals surface area contributed by atoms with E-state index in [0.717, 1.165) is 10.5 Å². The Morgan fingerprint density at radius 3 is 2.22 bits per heavy atom. The van der Waals surface area contributed by atoms with Crippen molar-refractivity contribution in [1.82, 2.24) is 14.5 Å². The molecule has 2 heterocycles. The summed E-state index contributed by atoms with van der Waals surface area (Å²) in [6, 6.07) is 19.4. The number of hydrogen-bond donors (Lipinski definition) is 2. The predicted octanol–water partition coefficient (Wildman–Crippen LogP) is 3.72. The lowest BCUT2D eigenvalue weighted by atomic mass is 10.0. The maximum absolute atomic E-state index is 12.9. The van der Waals surface area contributed by atoms with Crippen molar-refractivity contribution in [2.45, 2.75) is 25.4 Å². The van der Waals surface area contributed by atoms with Crippen molar-refractivity contribution in [1.29, 1.82) is 0 Å². The molecule has 0 spiro atoms. The molecule has 4 aromatic rings.